The molecule has 4 nitrogen and oxygen atoms in total. The van der Waals surface area contributed by atoms with Gasteiger partial charge in [-0.3, -0.25) is 0 Å². The first-order valence-corrected chi connectivity index (χ1v) is 6.38. The molecule has 3 aromatic rings. The van der Waals surface area contributed by atoms with Crippen molar-refractivity contribution in [3.8, 4) is 11.1 Å². The van der Waals surface area contributed by atoms with Gasteiger partial charge in [-0.25, -0.2) is 9.78 Å². The molecular weight excluding hydrogens is 276 g/mol. The monoisotopic (exact) mass is 286 g/mol. The average Bonchev–Trinajstić information content (AvgIpc) is 2.90. The summed E-state index contributed by atoms with van der Waals surface area (Å²) >= 11 is 5.88. The summed E-state index contributed by atoms with van der Waals surface area (Å²) < 4.78 is 4.68. The molecule has 0 aliphatic rings. The van der Waals surface area contributed by atoms with Gasteiger partial charge in [-0.2, -0.15) is 0 Å². The molecule has 2 heterocycles. The Kier molecular flexibility index (Phi) is 3.16. The highest BCUT2D eigenvalue weighted by molar-refractivity contribution is 6.30. The van der Waals surface area contributed by atoms with Crippen molar-refractivity contribution in [1.29, 1.82) is 0 Å². The van der Waals surface area contributed by atoms with Crippen molar-refractivity contribution >= 4 is 28.6 Å². The van der Waals surface area contributed by atoms with Gasteiger partial charge in [0.15, 0.2) is 0 Å². The Hall–Kier alpha value is -2.33. The molecule has 20 heavy (non-hydrogen) atoms. The smallest absolute Gasteiger partial charge is 0.354 e. The first kappa shape index (κ1) is 12.7. The van der Waals surface area contributed by atoms with Crippen LogP contribution in [0.4, 0.5) is 0 Å². The van der Waals surface area contributed by atoms with E-state index >= 15 is 0 Å². The van der Waals surface area contributed by atoms with Crippen LogP contribution in [-0.4, -0.2) is 23.0 Å². The van der Waals surface area contributed by atoms with Gasteiger partial charge < -0.3 is 9.72 Å². The fraction of sp³-hybridized carbons (Fsp3) is 0.0667. The van der Waals surface area contributed by atoms with Gasteiger partial charge >= 0.3 is 5.97 Å². The third-order valence-corrected chi connectivity index (χ3v) is 3.30. The van der Waals surface area contributed by atoms with Crippen molar-refractivity contribution in [1.82, 2.24) is 9.97 Å². The predicted molar refractivity (Wildman–Crippen MR) is 77.9 cm³/mol. The normalized spacial score (nSPS) is 10.7. The molecule has 0 aliphatic heterocycles. The zero-order valence-electron chi connectivity index (χ0n) is 10.7. The molecule has 0 saturated carbocycles. The topological polar surface area (TPSA) is 55.0 Å². The molecule has 0 unspecified atom stereocenters. The number of hydrogen-bond donors (Lipinski definition) is 1. The summed E-state index contributed by atoms with van der Waals surface area (Å²) in [7, 11) is 1.35. The Morgan fingerprint density at radius 2 is 1.95 bits per heavy atom. The van der Waals surface area contributed by atoms with Gasteiger partial charge in [0.1, 0.15) is 11.3 Å². The number of nitrogens with zero attached hydrogens (tertiary/aromatic N) is 1. The highest BCUT2D eigenvalue weighted by atomic mass is 35.5. The molecule has 2 aromatic heterocycles. The Bertz CT molecular complexity index is 778. The Labute approximate surface area is 120 Å². The predicted octanol–water partition coefficient (Wildman–Crippen LogP) is 3.67. The van der Waals surface area contributed by atoms with Crippen molar-refractivity contribution < 1.29 is 9.53 Å². The van der Waals surface area contributed by atoms with Crippen LogP contribution >= 0.6 is 11.6 Å². The number of rotatable bonds is 2. The Balaban J connectivity index is 2.06. The quantitative estimate of drug-likeness (QED) is 0.731. The molecule has 0 amide bonds. The van der Waals surface area contributed by atoms with E-state index in [9.17, 15) is 4.79 Å². The number of H-pyrrole nitrogens is 1. The lowest BCUT2D eigenvalue weighted by Gasteiger charge is -2.01. The molecule has 1 N–H and O–H groups in total. The molecule has 0 atom stereocenters. The summed E-state index contributed by atoms with van der Waals surface area (Å²) in [5, 5.41) is 1.55. The minimum absolute atomic E-state index is 0.392. The van der Waals surface area contributed by atoms with Gasteiger partial charge in [0.05, 0.1) is 7.11 Å². The molecule has 0 fully saturated rings. The first-order valence-electron chi connectivity index (χ1n) is 6.00. The number of aromatic nitrogens is 2. The number of carbonyl (C=O) groups is 1. The number of carbonyl (C=O) groups excluding carboxylic acids is 1. The lowest BCUT2D eigenvalue weighted by atomic mass is 10.1. The second-order valence-electron chi connectivity index (χ2n) is 4.34. The Morgan fingerprint density at radius 3 is 2.65 bits per heavy atom. The fourth-order valence-electron chi connectivity index (χ4n) is 2.04. The number of ether oxygens (including phenoxy) is 1. The number of halogens is 1. The molecule has 100 valence electrons. The van der Waals surface area contributed by atoms with Gasteiger partial charge in [-0.1, -0.05) is 23.7 Å². The van der Waals surface area contributed by atoms with Crippen LogP contribution in [0.3, 0.4) is 0 Å². The number of pyridine rings is 1. The summed E-state index contributed by atoms with van der Waals surface area (Å²) in [5.41, 5.74) is 3.03. The lowest BCUT2D eigenvalue weighted by Crippen LogP contribution is -2.00. The van der Waals surface area contributed by atoms with Crippen LogP contribution < -0.4 is 0 Å². The number of nitrogens with one attached hydrogen (secondary N) is 1. The zero-order chi connectivity index (χ0) is 14.1. The number of aromatic amines is 1. The summed E-state index contributed by atoms with van der Waals surface area (Å²) in [6.45, 7) is 0. The number of benzene rings is 1. The Morgan fingerprint density at radius 1 is 1.20 bits per heavy atom. The summed E-state index contributed by atoms with van der Waals surface area (Å²) in [5.74, 6) is -0.406. The van der Waals surface area contributed by atoms with Crippen molar-refractivity contribution in [3.63, 3.8) is 0 Å². The van der Waals surface area contributed by atoms with Crippen molar-refractivity contribution in [2.75, 3.05) is 7.11 Å². The SMILES string of the molecule is COC(=O)c1cc2cc(-c3ccc(Cl)cc3)cnc2[nH]1. The van der Waals surface area contributed by atoms with Gasteiger partial charge in [0, 0.05) is 22.2 Å². The van der Waals surface area contributed by atoms with E-state index < -0.39 is 5.97 Å². The van der Waals surface area contributed by atoms with Gasteiger partial charge in [0.2, 0.25) is 0 Å². The van der Waals surface area contributed by atoms with E-state index in [0.717, 1.165) is 16.5 Å². The molecule has 1 aromatic carbocycles. The van der Waals surface area contributed by atoms with Crippen LogP contribution in [0.2, 0.25) is 5.02 Å². The van der Waals surface area contributed by atoms with Crippen molar-refractivity contribution in [3.05, 3.63) is 53.3 Å². The second kappa shape index (κ2) is 4.98. The summed E-state index contributed by atoms with van der Waals surface area (Å²) in [6.07, 6.45) is 1.75. The average molecular weight is 287 g/mol. The van der Waals surface area contributed by atoms with Gasteiger partial charge in [-0.15, -0.1) is 0 Å². The van der Waals surface area contributed by atoms with Gasteiger partial charge in [0.25, 0.3) is 0 Å². The number of fused-ring (bicyclic) bond motifs is 1. The number of methoxy groups -OCH3 is 1. The third kappa shape index (κ3) is 2.26. The van der Waals surface area contributed by atoms with Crippen molar-refractivity contribution in [2.45, 2.75) is 0 Å². The molecule has 3 rings (SSSR count). The highest BCUT2D eigenvalue weighted by Crippen LogP contribution is 2.24. The van der Waals surface area contributed by atoms with Crippen LogP contribution in [-0.2, 0) is 4.74 Å². The van der Waals surface area contributed by atoms with E-state index in [4.69, 9.17) is 11.6 Å². The number of hydrogen-bond acceptors (Lipinski definition) is 3. The van der Waals surface area contributed by atoms with E-state index in [1.54, 1.807) is 12.3 Å². The molecule has 0 radical (unpaired) electrons. The zero-order valence-corrected chi connectivity index (χ0v) is 11.4. The van der Waals surface area contributed by atoms with Crippen molar-refractivity contribution in [2.24, 2.45) is 0 Å². The van der Waals surface area contributed by atoms with E-state index in [-0.39, 0.29) is 0 Å². The standard InChI is InChI=1S/C15H11ClN2O2/c1-20-15(19)13-7-10-6-11(8-17-14(10)18-13)9-2-4-12(16)5-3-9/h2-8H,1H3,(H,17,18). The molecule has 0 aliphatic carbocycles. The van der Waals surface area contributed by atoms with Crippen LogP contribution in [0.15, 0.2) is 42.6 Å². The highest BCUT2D eigenvalue weighted by Gasteiger charge is 2.10. The van der Waals surface area contributed by atoms with Crippen LogP contribution in [0.25, 0.3) is 22.2 Å². The molecule has 0 spiro atoms. The van der Waals surface area contributed by atoms with Crippen LogP contribution in [0.5, 0.6) is 0 Å². The number of esters is 1. The molecule has 0 saturated heterocycles. The van der Waals surface area contributed by atoms with E-state index in [1.165, 1.54) is 7.11 Å². The maximum absolute atomic E-state index is 11.5. The fourth-order valence-corrected chi connectivity index (χ4v) is 2.16. The second-order valence-corrected chi connectivity index (χ2v) is 4.78. The minimum atomic E-state index is -0.406. The van der Waals surface area contributed by atoms with Crippen LogP contribution in [0, 0.1) is 0 Å². The molecular formula is C15H11ClN2O2. The maximum atomic E-state index is 11.5. The molecule has 0 bridgehead atoms. The van der Waals surface area contributed by atoms with E-state index in [0.29, 0.717) is 16.4 Å². The van der Waals surface area contributed by atoms with E-state index in [2.05, 4.69) is 14.7 Å². The first-order chi connectivity index (χ1) is 9.67. The molecule has 5 heteroatoms. The minimum Gasteiger partial charge on any atom is -0.464 e. The summed E-state index contributed by atoms with van der Waals surface area (Å²) in [4.78, 5) is 18.7. The largest absolute Gasteiger partial charge is 0.464 e. The maximum Gasteiger partial charge on any atom is 0.354 e. The summed E-state index contributed by atoms with van der Waals surface area (Å²) in [6, 6.07) is 11.2. The van der Waals surface area contributed by atoms with Gasteiger partial charge in [-0.05, 0) is 29.8 Å². The van der Waals surface area contributed by atoms with E-state index in [1.807, 2.05) is 30.3 Å². The van der Waals surface area contributed by atoms with Crippen LogP contribution in [0.1, 0.15) is 10.5 Å². The third-order valence-electron chi connectivity index (χ3n) is 3.05. The lowest BCUT2D eigenvalue weighted by molar-refractivity contribution is 0.0595.